The molecule has 0 bridgehead atoms. The molecular weight excluding hydrogens is 546 g/mol. The van der Waals surface area contributed by atoms with Gasteiger partial charge in [0.25, 0.3) is 0 Å². The van der Waals surface area contributed by atoms with Gasteiger partial charge in [-0.2, -0.15) is 15.2 Å². The van der Waals surface area contributed by atoms with Crippen LogP contribution in [0.15, 0.2) is 42.5 Å². The number of nitriles is 1. The number of halogens is 1. The molecule has 3 aliphatic heterocycles. The fourth-order valence-electron chi connectivity index (χ4n) is 5.89. The van der Waals surface area contributed by atoms with Crippen molar-refractivity contribution in [2.45, 2.75) is 31.5 Å². The standard InChI is InChI=1S/C29H33N7O4.ClH/c30-10-8-22-16-35(13-14-36(22)29(37)38)27-24-9-12-34(26-7-3-5-20-4-1-2-6-23(20)26)17-25(24)32-28(33-27)40-19-21-18-39-15-11-31-21;/h1-7,21-22,31H,8-9,11-19H2,(H,37,38);1H/t21-,22?;/m1./s1. The van der Waals surface area contributed by atoms with E-state index in [0.717, 1.165) is 36.6 Å². The fourth-order valence-corrected chi connectivity index (χ4v) is 5.89. The average Bonchev–Trinajstić information content (AvgIpc) is 2.99. The normalized spacial score (nSPS) is 20.6. The largest absolute Gasteiger partial charge is 0.465 e. The quantitative estimate of drug-likeness (QED) is 0.450. The molecule has 11 nitrogen and oxygen atoms in total. The van der Waals surface area contributed by atoms with Crippen molar-refractivity contribution in [3.05, 3.63) is 53.7 Å². The van der Waals surface area contributed by atoms with Gasteiger partial charge < -0.3 is 34.6 Å². The summed E-state index contributed by atoms with van der Waals surface area (Å²) in [5, 5.41) is 24.8. The van der Waals surface area contributed by atoms with Crippen molar-refractivity contribution in [3.63, 3.8) is 0 Å². The van der Waals surface area contributed by atoms with Crippen LogP contribution in [0.4, 0.5) is 16.3 Å². The lowest BCUT2D eigenvalue weighted by Crippen LogP contribution is -2.55. The molecule has 2 atom stereocenters. The van der Waals surface area contributed by atoms with Crippen LogP contribution in [0.1, 0.15) is 17.7 Å². The Morgan fingerprint density at radius 1 is 1.15 bits per heavy atom. The third kappa shape index (κ3) is 6.10. The number of morpholine rings is 1. The highest BCUT2D eigenvalue weighted by atomic mass is 35.5. The SMILES string of the molecule is Cl.N#CCC1CN(c2nc(OC[C@H]3COCCN3)nc3c2CCN(c2cccc4ccccc24)C3)CCN1C(=O)O. The van der Waals surface area contributed by atoms with E-state index in [4.69, 9.17) is 19.4 Å². The number of carbonyl (C=O) groups is 1. The van der Waals surface area contributed by atoms with Crippen LogP contribution in [0.3, 0.4) is 0 Å². The van der Waals surface area contributed by atoms with Crippen molar-refractivity contribution in [2.24, 2.45) is 0 Å². The molecule has 2 N–H and O–H groups in total. The lowest BCUT2D eigenvalue weighted by molar-refractivity contribution is 0.0576. The minimum atomic E-state index is -0.999. The van der Waals surface area contributed by atoms with E-state index in [1.165, 1.54) is 21.4 Å². The molecule has 1 aromatic heterocycles. The zero-order valence-corrected chi connectivity index (χ0v) is 23.6. The molecule has 12 heteroatoms. The first-order chi connectivity index (χ1) is 19.6. The summed E-state index contributed by atoms with van der Waals surface area (Å²) in [6.45, 7) is 5.02. The van der Waals surface area contributed by atoms with Crippen LogP contribution < -0.4 is 19.9 Å². The van der Waals surface area contributed by atoms with Crippen LogP contribution in [0.2, 0.25) is 0 Å². The molecule has 0 radical (unpaired) electrons. The number of hydrogen-bond donors (Lipinski definition) is 2. The Labute approximate surface area is 245 Å². The van der Waals surface area contributed by atoms with E-state index >= 15 is 0 Å². The van der Waals surface area contributed by atoms with Gasteiger partial charge in [0.05, 0.1) is 50.0 Å². The van der Waals surface area contributed by atoms with Crippen molar-refractivity contribution in [2.75, 3.05) is 62.3 Å². The van der Waals surface area contributed by atoms with Crippen LogP contribution >= 0.6 is 12.4 Å². The summed E-state index contributed by atoms with van der Waals surface area (Å²) in [5.74, 6) is 0.776. The highest BCUT2D eigenvalue weighted by Crippen LogP contribution is 2.34. The zero-order chi connectivity index (χ0) is 27.5. The van der Waals surface area contributed by atoms with Gasteiger partial charge in [0.15, 0.2) is 0 Å². The Hall–Kier alpha value is -3.85. The summed E-state index contributed by atoms with van der Waals surface area (Å²) in [4.78, 5) is 27.4. The van der Waals surface area contributed by atoms with E-state index in [1.807, 2.05) is 0 Å². The van der Waals surface area contributed by atoms with Crippen LogP contribution in [-0.4, -0.2) is 90.7 Å². The Kier molecular flexibility index (Phi) is 8.93. The van der Waals surface area contributed by atoms with Crippen molar-refractivity contribution in [3.8, 4) is 12.1 Å². The molecule has 41 heavy (non-hydrogen) atoms. The second-order valence-electron chi connectivity index (χ2n) is 10.4. The third-order valence-electron chi connectivity index (χ3n) is 7.90. The maximum Gasteiger partial charge on any atom is 0.407 e. The molecule has 1 amide bonds. The molecule has 4 heterocycles. The maximum atomic E-state index is 11.8. The van der Waals surface area contributed by atoms with Gasteiger partial charge in [0.2, 0.25) is 0 Å². The van der Waals surface area contributed by atoms with E-state index in [2.05, 4.69) is 63.7 Å². The molecule has 0 saturated carbocycles. The Balaban J connectivity index is 0.00000337. The summed E-state index contributed by atoms with van der Waals surface area (Å²) in [6.07, 6.45) is -0.128. The third-order valence-corrected chi connectivity index (χ3v) is 7.90. The predicted octanol–water partition coefficient (Wildman–Crippen LogP) is 3.06. The molecule has 3 aromatic rings. The topological polar surface area (TPSA) is 127 Å². The van der Waals surface area contributed by atoms with E-state index in [0.29, 0.717) is 52.0 Å². The zero-order valence-electron chi connectivity index (χ0n) is 22.7. The second-order valence-corrected chi connectivity index (χ2v) is 10.4. The molecule has 6 rings (SSSR count). The first-order valence-corrected chi connectivity index (χ1v) is 13.8. The molecule has 2 fully saturated rings. The van der Waals surface area contributed by atoms with Crippen LogP contribution in [0.5, 0.6) is 6.01 Å². The lowest BCUT2D eigenvalue weighted by Gasteiger charge is -2.41. The number of benzene rings is 2. The summed E-state index contributed by atoms with van der Waals surface area (Å²) in [6, 6.07) is 16.8. The van der Waals surface area contributed by atoms with Gasteiger partial charge in [0, 0.05) is 49.4 Å². The number of piperazine rings is 1. The smallest absolute Gasteiger partial charge is 0.407 e. The van der Waals surface area contributed by atoms with Crippen molar-refractivity contribution < 1.29 is 19.4 Å². The minimum Gasteiger partial charge on any atom is -0.465 e. The van der Waals surface area contributed by atoms with E-state index in [9.17, 15) is 15.2 Å². The van der Waals surface area contributed by atoms with Gasteiger partial charge >= 0.3 is 12.1 Å². The number of carboxylic acid groups (broad SMARTS) is 1. The van der Waals surface area contributed by atoms with E-state index in [1.54, 1.807) is 0 Å². The Morgan fingerprint density at radius 2 is 2.00 bits per heavy atom. The van der Waals surface area contributed by atoms with Crippen molar-refractivity contribution in [1.29, 1.82) is 5.26 Å². The average molecular weight is 580 g/mol. The number of rotatable bonds is 6. The maximum absolute atomic E-state index is 11.8. The van der Waals surface area contributed by atoms with Crippen molar-refractivity contribution in [1.82, 2.24) is 20.2 Å². The van der Waals surface area contributed by atoms with Crippen LogP contribution in [0.25, 0.3) is 10.8 Å². The number of anilines is 2. The van der Waals surface area contributed by atoms with Gasteiger partial charge in [0.1, 0.15) is 12.4 Å². The number of ether oxygens (including phenoxy) is 2. The number of nitrogens with zero attached hydrogens (tertiary/aromatic N) is 6. The van der Waals surface area contributed by atoms with Gasteiger partial charge in [-0.25, -0.2) is 4.79 Å². The Bertz CT molecular complexity index is 1420. The number of aromatic nitrogens is 2. The van der Waals surface area contributed by atoms with Crippen LogP contribution in [0, 0.1) is 11.3 Å². The molecule has 3 aliphatic rings. The number of amides is 1. The first-order valence-electron chi connectivity index (χ1n) is 13.8. The molecule has 0 aliphatic carbocycles. The summed E-state index contributed by atoms with van der Waals surface area (Å²) >= 11 is 0. The molecule has 1 unspecified atom stereocenters. The molecule has 2 saturated heterocycles. The number of hydrogen-bond acceptors (Lipinski definition) is 9. The van der Waals surface area contributed by atoms with Crippen LogP contribution in [-0.2, 0) is 17.7 Å². The predicted molar refractivity (Wildman–Crippen MR) is 157 cm³/mol. The second kappa shape index (κ2) is 12.8. The highest BCUT2D eigenvalue weighted by molar-refractivity contribution is 5.94. The van der Waals surface area contributed by atoms with Gasteiger partial charge in [-0.15, -0.1) is 12.4 Å². The Morgan fingerprint density at radius 3 is 2.80 bits per heavy atom. The number of nitrogens with one attached hydrogen (secondary N) is 1. The van der Waals surface area contributed by atoms with Gasteiger partial charge in [-0.05, 0) is 17.9 Å². The summed E-state index contributed by atoms with van der Waals surface area (Å²) in [5.41, 5.74) is 3.13. The summed E-state index contributed by atoms with van der Waals surface area (Å²) < 4.78 is 11.7. The lowest BCUT2D eigenvalue weighted by atomic mass is 10.0. The molecule has 2 aromatic carbocycles. The van der Waals surface area contributed by atoms with E-state index < -0.39 is 12.1 Å². The molecule has 216 valence electrons. The van der Waals surface area contributed by atoms with Gasteiger partial charge in [-0.3, -0.25) is 0 Å². The van der Waals surface area contributed by atoms with Crippen molar-refractivity contribution >= 4 is 40.8 Å². The molecular formula is C29H34ClN7O4. The minimum absolute atomic E-state index is 0. The van der Waals surface area contributed by atoms with Gasteiger partial charge in [-0.1, -0.05) is 36.4 Å². The summed E-state index contributed by atoms with van der Waals surface area (Å²) in [7, 11) is 0. The number of fused-ring (bicyclic) bond motifs is 2. The monoisotopic (exact) mass is 579 g/mol. The fraction of sp³-hybridized carbons (Fsp3) is 0.448. The van der Waals surface area contributed by atoms with E-state index in [-0.39, 0.29) is 24.9 Å². The molecule has 0 spiro atoms. The first kappa shape index (κ1) is 28.7. The highest BCUT2D eigenvalue weighted by Gasteiger charge is 2.34.